The predicted molar refractivity (Wildman–Crippen MR) is 66.2 cm³/mol. The van der Waals surface area contributed by atoms with Crippen molar-refractivity contribution in [1.82, 2.24) is 0 Å². The first-order valence-corrected chi connectivity index (χ1v) is 6.29. The summed E-state index contributed by atoms with van der Waals surface area (Å²) in [6.45, 7) is 0. The van der Waals surface area contributed by atoms with Crippen molar-refractivity contribution in [3.63, 3.8) is 0 Å². The van der Waals surface area contributed by atoms with Crippen LogP contribution >= 0.6 is 0 Å². The molecule has 1 aliphatic carbocycles. The van der Waals surface area contributed by atoms with E-state index in [1.165, 1.54) is 6.07 Å². The molecule has 1 unspecified atom stereocenters. The van der Waals surface area contributed by atoms with Gasteiger partial charge in [-0.3, -0.25) is 0 Å². The number of halogens is 2. The van der Waals surface area contributed by atoms with Gasteiger partial charge in [0.05, 0.1) is 5.60 Å². The molecule has 0 radical (unpaired) electrons. The number of nitrogens with two attached hydrogens (primary N) is 1. The molecule has 0 spiro atoms. The summed E-state index contributed by atoms with van der Waals surface area (Å²) >= 11 is 0. The summed E-state index contributed by atoms with van der Waals surface area (Å²) in [5.41, 5.74) is 6.23. The van der Waals surface area contributed by atoms with Crippen LogP contribution in [0.5, 0.6) is 0 Å². The lowest BCUT2D eigenvalue weighted by Gasteiger charge is -2.42. The van der Waals surface area contributed by atoms with Gasteiger partial charge in [0, 0.05) is 13.2 Å². The Morgan fingerprint density at radius 1 is 1.39 bits per heavy atom. The molecule has 0 aromatic heterocycles. The Morgan fingerprint density at radius 3 is 2.67 bits per heavy atom. The standard InChI is InChI=1S/C14H19F2NO/c1-18-14(5-2-6-14)9-12(17)8-10-7-11(15)3-4-13(10)16/h3-4,7,12H,2,5-6,8-9,17H2,1H3. The van der Waals surface area contributed by atoms with Gasteiger partial charge in [-0.2, -0.15) is 0 Å². The normalized spacial score (nSPS) is 19.3. The minimum atomic E-state index is -0.427. The lowest BCUT2D eigenvalue weighted by molar-refractivity contribution is -0.0813. The highest BCUT2D eigenvalue weighted by Gasteiger charge is 2.38. The van der Waals surface area contributed by atoms with Crippen LogP contribution in [-0.4, -0.2) is 18.8 Å². The molecule has 1 aromatic rings. The molecule has 4 heteroatoms. The van der Waals surface area contributed by atoms with E-state index in [1.807, 2.05) is 0 Å². The third-order valence-corrected chi connectivity index (χ3v) is 3.82. The number of benzene rings is 1. The first kappa shape index (κ1) is 13.4. The van der Waals surface area contributed by atoms with Gasteiger partial charge in [0.25, 0.3) is 0 Å². The monoisotopic (exact) mass is 255 g/mol. The van der Waals surface area contributed by atoms with Crippen molar-refractivity contribution >= 4 is 0 Å². The van der Waals surface area contributed by atoms with Crippen molar-refractivity contribution in [3.05, 3.63) is 35.4 Å². The second kappa shape index (κ2) is 5.33. The predicted octanol–water partition coefficient (Wildman–Crippen LogP) is 2.79. The van der Waals surface area contributed by atoms with Crippen LogP contribution in [0.15, 0.2) is 18.2 Å². The Kier molecular flexibility index (Phi) is 3.97. The van der Waals surface area contributed by atoms with E-state index in [1.54, 1.807) is 7.11 Å². The fourth-order valence-electron chi connectivity index (χ4n) is 2.59. The molecule has 0 aliphatic heterocycles. The summed E-state index contributed by atoms with van der Waals surface area (Å²) in [6, 6.07) is 3.27. The molecule has 18 heavy (non-hydrogen) atoms. The van der Waals surface area contributed by atoms with E-state index in [4.69, 9.17) is 10.5 Å². The molecule has 2 nitrogen and oxygen atoms in total. The maximum atomic E-state index is 13.5. The van der Waals surface area contributed by atoms with Crippen LogP contribution in [0.3, 0.4) is 0 Å². The molecule has 0 heterocycles. The van der Waals surface area contributed by atoms with Crippen LogP contribution in [0.1, 0.15) is 31.2 Å². The van der Waals surface area contributed by atoms with Gasteiger partial charge < -0.3 is 10.5 Å². The average molecular weight is 255 g/mol. The minimum Gasteiger partial charge on any atom is -0.378 e. The van der Waals surface area contributed by atoms with Gasteiger partial charge in [-0.1, -0.05) is 0 Å². The molecule has 1 aliphatic rings. The van der Waals surface area contributed by atoms with Crippen LogP contribution in [0, 0.1) is 11.6 Å². The molecule has 1 saturated carbocycles. The zero-order valence-corrected chi connectivity index (χ0v) is 10.6. The van der Waals surface area contributed by atoms with Gasteiger partial charge in [-0.05, 0) is 55.9 Å². The first-order chi connectivity index (χ1) is 8.54. The second-order valence-corrected chi connectivity index (χ2v) is 5.14. The maximum Gasteiger partial charge on any atom is 0.126 e. The third-order valence-electron chi connectivity index (χ3n) is 3.82. The molecule has 2 N–H and O–H groups in total. The Labute approximate surface area is 106 Å². The highest BCUT2D eigenvalue weighted by Crippen LogP contribution is 2.39. The van der Waals surface area contributed by atoms with Gasteiger partial charge >= 0.3 is 0 Å². The lowest BCUT2D eigenvalue weighted by atomic mass is 9.75. The van der Waals surface area contributed by atoms with E-state index in [-0.39, 0.29) is 11.6 Å². The second-order valence-electron chi connectivity index (χ2n) is 5.14. The Bertz CT molecular complexity index is 413. The summed E-state index contributed by atoms with van der Waals surface area (Å²) < 4.78 is 32.0. The first-order valence-electron chi connectivity index (χ1n) is 6.29. The molecule has 0 amide bonds. The van der Waals surface area contributed by atoms with Crippen LogP contribution in [-0.2, 0) is 11.2 Å². The number of rotatable bonds is 5. The fourth-order valence-corrected chi connectivity index (χ4v) is 2.59. The van der Waals surface area contributed by atoms with E-state index in [9.17, 15) is 8.78 Å². The Morgan fingerprint density at radius 2 is 2.11 bits per heavy atom. The molecule has 1 fully saturated rings. The highest BCUT2D eigenvalue weighted by molar-refractivity contribution is 5.20. The van der Waals surface area contributed by atoms with Crippen LogP contribution < -0.4 is 5.73 Å². The summed E-state index contributed by atoms with van der Waals surface area (Å²) in [5.74, 6) is -0.823. The Balaban J connectivity index is 1.98. The smallest absolute Gasteiger partial charge is 0.126 e. The summed E-state index contributed by atoms with van der Waals surface area (Å²) in [4.78, 5) is 0. The molecule has 1 atom stereocenters. The van der Waals surface area contributed by atoms with Gasteiger partial charge in [0.15, 0.2) is 0 Å². The average Bonchev–Trinajstić information content (AvgIpc) is 2.28. The molecule has 1 aromatic carbocycles. The van der Waals surface area contributed by atoms with Crippen molar-refractivity contribution in [2.24, 2.45) is 5.73 Å². The van der Waals surface area contributed by atoms with E-state index >= 15 is 0 Å². The summed E-state index contributed by atoms with van der Waals surface area (Å²) in [7, 11) is 1.69. The number of hydrogen-bond donors (Lipinski definition) is 1. The minimum absolute atomic E-state index is 0.136. The third kappa shape index (κ3) is 2.87. The van der Waals surface area contributed by atoms with E-state index < -0.39 is 11.6 Å². The maximum absolute atomic E-state index is 13.5. The summed E-state index contributed by atoms with van der Waals surface area (Å²) in [6.07, 6.45) is 4.19. The van der Waals surface area contributed by atoms with Crippen molar-refractivity contribution in [1.29, 1.82) is 0 Å². The molecular weight excluding hydrogens is 236 g/mol. The topological polar surface area (TPSA) is 35.2 Å². The molecule has 0 saturated heterocycles. The molecular formula is C14H19F2NO. The van der Waals surface area contributed by atoms with E-state index in [0.29, 0.717) is 18.4 Å². The van der Waals surface area contributed by atoms with E-state index in [2.05, 4.69) is 0 Å². The lowest BCUT2D eigenvalue weighted by Crippen LogP contribution is -2.45. The van der Waals surface area contributed by atoms with Gasteiger partial charge in [-0.25, -0.2) is 8.78 Å². The molecule has 0 bridgehead atoms. The number of ether oxygens (including phenoxy) is 1. The van der Waals surface area contributed by atoms with Crippen LogP contribution in [0.25, 0.3) is 0 Å². The Hall–Kier alpha value is -1.00. The quantitative estimate of drug-likeness (QED) is 0.878. The highest BCUT2D eigenvalue weighted by atomic mass is 19.1. The molecule has 100 valence electrons. The molecule has 2 rings (SSSR count). The largest absolute Gasteiger partial charge is 0.378 e. The number of methoxy groups -OCH3 is 1. The SMILES string of the molecule is COC1(CC(N)Cc2cc(F)ccc2F)CCC1. The van der Waals surface area contributed by atoms with Gasteiger partial charge in [-0.15, -0.1) is 0 Å². The van der Waals surface area contributed by atoms with Crippen molar-refractivity contribution in [2.45, 2.75) is 43.7 Å². The van der Waals surface area contributed by atoms with E-state index in [0.717, 1.165) is 31.4 Å². The van der Waals surface area contributed by atoms with Crippen molar-refractivity contribution < 1.29 is 13.5 Å². The zero-order chi connectivity index (χ0) is 13.2. The van der Waals surface area contributed by atoms with Crippen molar-refractivity contribution in [2.75, 3.05) is 7.11 Å². The van der Waals surface area contributed by atoms with Gasteiger partial charge in [0.2, 0.25) is 0 Å². The summed E-state index contributed by atoms with van der Waals surface area (Å²) in [5, 5.41) is 0. The fraction of sp³-hybridized carbons (Fsp3) is 0.571. The van der Waals surface area contributed by atoms with Gasteiger partial charge in [0.1, 0.15) is 11.6 Å². The zero-order valence-electron chi connectivity index (χ0n) is 10.6. The number of hydrogen-bond acceptors (Lipinski definition) is 2. The van der Waals surface area contributed by atoms with Crippen molar-refractivity contribution in [3.8, 4) is 0 Å². The van der Waals surface area contributed by atoms with Crippen LogP contribution in [0.4, 0.5) is 8.78 Å². The van der Waals surface area contributed by atoms with Crippen LogP contribution in [0.2, 0.25) is 0 Å².